The Morgan fingerprint density at radius 2 is 2.00 bits per heavy atom. The van der Waals surface area contributed by atoms with Gasteiger partial charge in [0.2, 0.25) is 5.91 Å². The second kappa shape index (κ2) is 6.18. The van der Waals surface area contributed by atoms with E-state index in [0.29, 0.717) is 0 Å². The normalized spacial score (nSPS) is 20.6. The summed E-state index contributed by atoms with van der Waals surface area (Å²) in [6, 6.07) is 0. The molecule has 0 bridgehead atoms. The summed E-state index contributed by atoms with van der Waals surface area (Å²) >= 11 is 0. The van der Waals surface area contributed by atoms with Gasteiger partial charge in [0.15, 0.2) is 0 Å². The molecule has 0 aromatic heterocycles. The number of aliphatic hydroxyl groups is 2. The maximum atomic E-state index is 11.7. The quantitative estimate of drug-likeness (QED) is 0.586. The summed E-state index contributed by atoms with van der Waals surface area (Å²) < 4.78 is 0. The van der Waals surface area contributed by atoms with Crippen molar-refractivity contribution in [2.45, 2.75) is 31.8 Å². The third-order valence-corrected chi connectivity index (χ3v) is 2.83. The van der Waals surface area contributed by atoms with Gasteiger partial charge in [-0.3, -0.25) is 4.79 Å². The van der Waals surface area contributed by atoms with Crippen molar-refractivity contribution in [3.8, 4) is 0 Å². The lowest BCUT2D eigenvalue weighted by Crippen LogP contribution is -2.46. The number of carbonyl (C=O) groups is 1. The average molecular weight is 230 g/mol. The van der Waals surface area contributed by atoms with Crippen molar-refractivity contribution in [1.29, 1.82) is 0 Å². The molecule has 5 heteroatoms. The first kappa shape index (κ1) is 13.4. The molecule has 0 aromatic carbocycles. The van der Waals surface area contributed by atoms with Gasteiger partial charge in [0.25, 0.3) is 0 Å². The number of aliphatic hydroxyl groups excluding tert-OH is 1. The highest BCUT2D eigenvalue weighted by atomic mass is 16.3. The van der Waals surface area contributed by atoms with Gasteiger partial charge in [-0.1, -0.05) is 0 Å². The largest absolute Gasteiger partial charge is 0.393 e. The van der Waals surface area contributed by atoms with Crippen LogP contribution in [0.25, 0.3) is 0 Å². The van der Waals surface area contributed by atoms with Gasteiger partial charge in [0.1, 0.15) is 0 Å². The monoisotopic (exact) mass is 230 g/mol. The summed E-state index contributed by atoms with van der Waals surface area (Å²) in [6.45, 7) is 3.37. The van der Waals surface area contributed by atoms with E-state index < -0.39 is 5.60 Å². The summed E-state index contributed by atoms with van der Waals surface area (Å²) in [5, 5.41) is 21.2. The van der Waals surface area contributed by atoms with E-state index in [2.05, 4.69) is 5.32 Å². The molecule has 1 atom stereocenters. The van der Waals surface area contributed by atoms with Crippen LogP contribution in [0.4, 0.5) is 0 Å². The number of likely N-dealkylation sites (tertiary alicyclic amines) is 1. The molecular weight excluding hydrogens is 208 g/mol. The molecule has 94 valence electrons. The molecule has 1 saturated heterocycles. The minimum Gasteiger partial charge on any atom is -0.393 e. The molecule has 1 heterocycles. The van der Waals surface area contributed by atoms with E-state index in [0.717, 1.165) is 25.9 Å². The SMILES string of the molecule is CC(O)(CO)CNCC(=O)N1CCCCC1. The zero-order valence-electron chi connectivity index (χ0n) is 9.91. The fourth-order valence-corrected chi connectivity index (χ4v) is 1.75. The van der Waals surface area contributed by atoms with Crippen LogP contribution in [0, 0.1) is 0 Å². The van der Waals surface area contributed by atoms with Crippen LogP contribution >= 0.6 is 0 Å². The van der Waals surface area contributed by atoms with Gasteiger partial charge in [-0.15, -0.1) is 0 Å². The first-order chi connectivity index (χ1) is 7.55. The molecule has 0 saturated carbocycles. The number of nitrogens with one attached hydrogen (secondary N) is 1. The first-order valence-electron chi connectivity index (χ1n) is 5.87. The number of nitrogens with zero attached hydrogens (tertiary/aromatic N) is 1. The summed E-state index contributed by atoms with van der Waals surface area (Å²) in [5.41, 5.74) is -1.15. The Bertz CT molecular complexity index is 225. The number of hydrogen-bond acceptors (Lipinski definition) is 4. The molecule has 1 fully saturated rings. The van der Waals surface area contributed by atoms with E-state index in [1.807, 2.05) is 4.90 Å². The molecule has 0 radical (unpaired) electrons. The Morgan fingerprint density at radius 3 is 2.56 bits per heavy atom. The van der Waals surface area contributed by atoms with Crippen LogP contribution in [0.15, 0.2) is 0 Å². The molecule has 3 N–H and O–H groups in total. The molecule has 1 rings (SSSR count). The van der Waals surface area contributed by atoms with E-state index in [1.165, 1.54) is 13.3 Å². The molecule has 1 aliphatic heterocycles. The fourth-order valence-electron chi connectivity index (χ4n) is 1.75. The maximum Gasteiger partial charge on any atom is 0.236 e. The summed E-state index contributed by atoms with van der Waals surface area (Å²) in [7, 11) is 0. The highest BCUT2D eigenvalue weighted by Gasteiger charge is 2.20. The number of piperidine rings is 1. The van der Waals surface area contributed by atoms with Gasteiger partial charge in [-0.25, -0.2) is 0 Å². The van der Waals surface area contributed by atoms with E-state index in [9.17, 15) is 9.90 Å². The van der Waals surface area contributed by atoms with E-state index in [4.69, 9.17) is 5.11 Å². The Hall–Kier alpha value is -0.650. The average Bonchev–Trinajstić information content (AvgIpc) is 2.30. The number of carbonyl (C=O) groups excluding carboxylic acids is 1. The molecule has 16 heavy (non-hydrogen) atoms. The highest BCUT2D eigenvalue weighted by molar-refractivity contribution is 5.78. The summed E-state index contributed by atoms with van der Waals surface area (Å²) in [5.74, 6) is 0.0773. The van der Waals surface area contributed by atoms with Gasteiger partial charge >= 0.3 is 0 Å². The van der Waals surface area contributed by atoms with Crippen LogP contribution in [-0.2, 0) is 4.79 Å². The van der Waals surface area contributed by atoms with E-state index in [1.54, 1.807) is 0 Å². The Morgan fingerprint density at radius 1 is 1.38 bits per heavy atom. The van der Waals surface area contributed by atoms with Crippen LogP contribution < -0.4 is 5.32 Å². The third kappa shape index (κ3) is 4.47. The van der Waals surface area contributed by atoms with Crippen LogP contribution in [-0.4, -0.2) is 59.4 Å². The molecule has 0 aromatic rings. The minimum absolute atomic E-state index is 0.0773. The second-order valence-corrected chi connectivity index (χ2v) is 4.70. The van der Waals surface area contributed by atoms with Crippen molar-refractivity contribution in [2.75, 3.05) is 32.8 Å². The zero-order valence-corrected chi connectivity index (χ0v) is 9.91. The Balaban J connectivity index is 2.19. The molecule has 1 aliphatic rings. The second-order valence-electron chi connectivity index (χ2n) is 4.70. The highest BCUT2D eigenvalue weighted by Crippen LogP contribution is 2.08. The molecule has 5 nitrogen and oxygen atoms in total. The lowest BCUT2D eigenvalue weighted by Gasteiger charge is -2.27. The molecular formula is C11H22N2O3. The van der Waals surface area contributed by atoms with Crippen molar-refractivity contribution in [3.05, 3.63) is 0 Å². The van der Waals surface area contributed by atoms with Gasteiger partial charge in [-0.05, 0) is 26.2 Å². The van der Waals surface area contributed by atoms with Gasteiger partial charge in [0, 0.05) is 19.6 Å². The number of rotatable bonds is 5. The van der Waals surface area contributed by atoms with Crippen molar-refractivity contribution >= 4 is 5.91 Å². The predicted octanol–water partition coefficient (Wildman–Crippen LogP) is -0.668. The predicted molar refractivity (Wildman–Crippen MR) is 61.0 cm³/mol. The molecule has 1 amide bonds. The van der Waals surface area contributed by atoms with E-state index >= 15 is 0 Å². The summed E-state index contributed by atoms with van der Waals surface area (Å²) in [4.78, 5) is 13.5. The Kier molecular flexibility index (Phi) is 5.18. The van der Waals surface area contributed by atoms with Crippen LogP contribution in [0.5, 0.6) is 0 Å². The standard InChI is InChI=1S/C11H22N2O3/c1-11(16,9-14)8-12-7-10(15)13-5-3-2-4-6-13/h12,14,16H,2-9H2,1H3. The first-order valence-corrected chi connectivity index (χ1v) is 5.87. The maximum absolute atomic E-state index is 11.7. The lowest BCUT2D eigenvalue weighted by atomic mass is 10.1. The molecule has 0 spiro atoms. The van der Waals surface area contributed by atoms with Crippen molar-refractivity contribution in [1.82, 2.24) is 10.2 Å². The van der Waals surface area contributed by atoms with Crippen molar-refractivity contribution < 1.29 is 15.0 Å². The van der Waals surface area contributed by atoms with Crippen LogP contribution in [0.1, 0.15) is 26.2 Å². The van der Waals surface area contributed by atoms with Crippen molar-refractivity contribution in [3.63, 3.8) is 0 Å². The van der Waals surface area contributed by atoms with Crippen molar-refractivity contribution in [2.24, 2.45) is 0 Å². The smallest absolute Gasteiger partial charge is 0.236 e. The number of amides is 1. The fraction of sp³-hybridized carbons (Fsp3) is 0.909. The minimum atomic E-state index is -1.15. The van der Waals surface area contributed by atoms with E-state index in [-0.39, 0.29) is 25.6 Å². The molecule has 1 unspecified atom stereocenters. The van der Waals surface area contributed by atoms with Gasteiger partial charge in [-0.2, -0.15) is 0 Å². The zero-order chi connectivity index (χ0) is 12.0. The van der Waals surface area contributed by atoms with Gasteiger partial charge < -0.3 is 20.4 Å². The third-order valence-electron chi connectivity index (χ3n) is 2.83. The Labute approximate surface area is 96.4 Å². The molecule has 0 aliphatic carbocycles. The summed E-state index contributed by atoms with van der Waals surface area (Å²) in [6.07, 6.45) is 3.37. The van der Waals surface area contributed by atoms with Crippen LogP contribution in [0.3, 0.4) is 0 Å². The lowest BCUT2D eigenvalue weighted by molar-refractivity contribution is -0.131. The van der Waals surface area contributed by atoms with Gasteiger partial charge in [0.05, 0.1) is 18.8 Å². The topological polar surface area (TPSA) is 72.8 Å². The number of hydrogen-bond donors (Lipinski definition) is 3. The van der Waals surface area contributed by atoms with Crippen LogP contribution in [0.2, 0.25) is 0 Å².